The van der Waals surface area contributed by atoms with E-state index < -0.39 is 17.7 Å². The Morgan fingerprint density at radius 2 is 1.68 bits per heavy atom. The van der Waals surface area contributed by atoms with E-state index in [1.807, 2.05) is 31.2 Å². The van der Waals surface area contributed by atoms with Gasteiger partial charge < -0.3 is 24.4 Å². The lowest BCUT2D eigenvalue weighted by Gasteiger charge is -2.28. The van der Waals surface area contributed by atoms with Gasteiger partial charge in [-0.1, -0.05) is 45.7 Å². The average molecular weight is 509 g/mol. The van der Waals surface area contributed by atoms with Crippen molar-refractivity contribution in [1.29, 1.82) is 0 Å². The minimum Gasteiger partial charge on any atom is -0.507 e. The molecular weight excluding hydrogens is 468 g/mol. The zero-order chi connectivity index (χ0) is 26.8. The minimum atomic E-state index is -0.707. The molecule has 1 saturated heterocycles. The average Bonchev–Trinajstić information content (AvgIpc) is 3.17. The fourth-order valence-corrected chi connectivity index (χ4v) is 4.59. The summed E-state index contributed by atoms with van der Waals surface area (Å²) < 4.78 is 11.5. The Labute approximate surface area is 220 Å². The molecule has 1 aliphatic heterocycles. The quantitative estimate of drug-likeness (QED) is 0.159. The molecule has 1 N–H and O–H groups in total. The maximum Gasteiger partial charge on any atom is 0.295 e. The SMILES string of the molecule is CCCCCOc1cccc(C2/C(=C(\O)c3ccc(OCC)cc3)C(=O)C(=O)N2CCN(CC)CC)c1. The summed E-state index contributed by atoms with van der Waals surface area (Å²) in [6.07, 6.45) is 3.16. The second kappa shape index (κ2) is 13.8. The van der Waals surface area contributed by atoms with Crippen LogP contribution in [0.15, 0.2) is 54.1 Å². The molecule has 1 atom stereocenters. The molecule has 1 aliphatic rings. The van der Waals surface area contributed by atoms with Crippen LogP contribution in [0.1, 0.15) is 64.1 Å². The van der Waals surface area contributed by atoms with Gasteiger partial charge in [0.05, 0.1) is 24.8 Å². The Kier molecular flexibility index (Phi) is 10.6. The largest absolute Gasteiger partial charge is 0.507 e. The molecule has 0 aromatic heterocycles. The molecule has 0 radical (unpaired) electrons. The highest BCUT2D eigenvalue weighted by Gasteiger charge is 2.46. The fourth-order valence-electron chi connectivity index (χ4n) is 4.59. The van der Waals surface area contributed by atoms with Crippen LogP contribution in [-0.2, 0) is 9.59 Å². The number of hydrogen-bond donors (Lipinski definition) is 1. The molecule has 1 heterocycles. The molecule has 200 valence electrons. The lowest BCUT2D eigenvalue weighted by atomic mass is 9.95. The van der Waals surface area contributed by atoms with E-state index in [-0.39, 0.29) is 11.3 Å². The van der Waals surface area contributed by atoms with Gasteiger partial charge in [-0.15, -0.1) is 0 Å². The van der Waals surface area contributed by atoms with Crippen LogP contribution in [0.5, 0.6) is 11.5 Å². The standard InChI is InChI=1S/C30H40N2O5/c1-5-9-10-20-37-25-13-11-12-23(21-25)27-26(28(33)22-14-16-24(17-15-22)36-8-4)29(34)30(35)32(27)19-18-31(6-2)7-3/h11-17,21,27,33H,5-10,18-20H2,1-4H3/b28-26+. The van der Waals surface area contributed by atoms with Crippen molar-refractivity contribution in [3.05, 3.63) is 65.2 Å². The Bertz CT molecular complexity index is 1080. The summed E-state index contributed by atoms with van der Waals surface area (Å²) in [5.41, 5.74) is 1.29. The lowest BCUT2D eigenvalue weighted by molar-refractivity contribution is -0.140. The van der Waals surface area contributed by atoms with Crippen LogP contribution in [0.3, 0.4) is 0 Å². The highest BCUT2D eigenvalue weighted by Crippen LogP contribution is 2.40. The highest BCUT2D eigenvalue weighted by molar-refractivity contribution is 6.46. The molecule has 1 unspecified atom stereocenters. The third-order valence-electron chi connectivity index (χ3n) is 6.72. The van der Waals surface area contributed by atoms with E-state index in [1.54, 1.807) is 29.2 Å². The fraction of sp³-hybridized carbons (Fsp3) is 0.467. The van der Waals surface area contributed by atoms with Crippen molar-refractivity contribution in [3.63, 3.8) is 0 Å². The molecule has 1 amide bonds. The number of carbonyl (C=O) groups excluding carboxylic acids is 2. The zero-order valence-electron chi connectivity index (χ0n) is 22.5. The number of Topliss-reactive ketones (excluding diaryl/α,β-unsaturated/α-hetero) is 1. The van der Waals surface area contributed by atoms with Crippen molar-refractivity contribution in [1.82, 2.24) is 9.80 Å². The number of likely N-dealkylation sites (N-methyl/N-ethyl adjacent to an activating group) is 1. The van der Waals surface area contributed by atoms with E-state index in [1.165, 1.54) is 0 Å². The van der Waals surface area contributed by atoms with E-state index in [0.717, 1.165) is 37.9 Å². The van der Waals surface area contributed by atoms with Crippen LogP contribution in [0.2, 0.25) is 0 Å². The van der Waals surface area contributed by atoms with Crippen LogP contribution in [0.25, 0.3) is 5.76 Å². The Balaban J connectivity index is 2.02. The Hall–Kier alpha value is -3.32. The van der Waals surface area contributed by atoms with Gasteiger partial charge in [0.2, 0.25) is 0 Å². The molecule has 37 heavy (non-hydrogen) atoms. The third-order valence-corrected chi connectivity index (χ3v) is 6.72. The second-order valence-electron chi connectivity index (χ2n) is 9.10. The number of ether oxygens (including phenoxy) is 2. The van der Waals surface area contributed by atoms with E-state index in [0.29, 0.717) is 43.4 Å². The van der Waals surface area contributed by atoms with Crippen LogP contribution in [-0.4, -0.2) is 66.0 Å². The van der Waals surface area contributed by atoms with Crippen molar-refractivity contribution in [3.8, 4) is 11.5 Å². The normalized spacial score (nSPS) is 17.0. The summed E-state index contributed by atoms with van der Waals surface area (Å²) in [6, 6.07) is 13.7. The molecule has 2 aromatic carbocycles. The zero-order valence-corrected chi connectivity index (χ0v) is 22.5. The molecular formula is C30H40N2O5. The number of aliphatic hydroxyl groups is 1. The molecule has 0 bridgehead atoms. The number of likely N-dealkylation sites (tertiary alicyclic amines) is 1. The first-order chi connectivity index (χ1) is 17.9. The van der Waals surface area contributed by atoms with Crippen molar-refractivity contribution in [2.45, 2.75) is 53.0 Å². The molecule has 0 aliphatic carbocycles. The monoisotopic (exact) mass is 508 g/mol. The van der Waals surface area contributed by atoms with Crippen molar-refractivity contribution < 1.29 is 24.2 Å². The lowest BCUT2D eigenvalue weighted by Crippen LogP contribution is -2.38. The summed E-state index contributed by atoms with van der Waals surface area (Å²) in [5.74, 6) is -0.109. The Morgan fingerprint density at radius 1 is 0.946 bits per heavy atom. The number of rotatable bonds is 14. The molecule has 1 fully saturated rings. The number of ketones is 1. The number of carbonyl (C=O) groups is 2. The maximum atomic E-state index is 13.3. The topological polar surface area (TPSA) is 79.3 Å². The number of hydrogen-bond acceptors (Lipinski definition) is 6. The number of aliphatic hydroxyl groups excluding tert-OH is 1. The van der Waals surface area contributed by atoms with Crippen molar-refractivity contribution in [2.24, 2.45) is 0 Å². The van der Waals surface area contributed by atoms with Crippen molar-refractivity contribution >= 4 is 17.4 Å². The molecule has 7 heteroatoms. The van der Waals surface area contributed by atoms with E-state index in [9.17, 15) is 14.7 Å². The number of unbranched alkanes of at least 4 members (excludes halogenated alkanes) is 2. The number of benzene rings is 2. The van der Waals surface area contributed by atoms with E-state index in [2.05, 4.69) is 25.7 Å². The predicted molar refractivity (Wildman–Crippen MR) is 146 cm³/mol. The first-order valence-corrected chi connectivity index (χ1v) is 13.4. The van der Waals surface area contributed by atoms with Gasteiger partial charge in [-0.05, 0) is 68.4 Å². The predicted octanol–water partition coefficient (Wildman–Crippen LogP) is 5.42. The third kappa shape index (κ3) is 6.92. The molecule has 0 spiro atoms. The van der Waals surface area contributed by atoms with Crippen molar-refractivity contribution in [2.75, 3.05) is 39.4 Å². The molecule has 7 nitrogen and oxygen atoms in total. The van der Waals surface area contributed by atoms with Gasteiger partial charge in [0.1, 0.15) is 17.3 Å². The van der Waals surface area contributed by atoms with Gasteiger partial charge in [-0.25, -0.2) is 0 Å². The Morgan fingerprint density at radius 3 is 2.32 bits per heavy atom. The maximum absolute atomic E-state index is 13.3. The molecule has 0 saturated carbocycles. The van der Waals surface area contributed by atoms with Crippen LogP contribution >= 0.6 is 0 Å². The van der Waals surface area contributed by atoms with Crippen LogP contribution in [0, 0.1) is 0 Å². The van der Waals surface area contributed by atoms with Gasteiger partial charge in [-0.3, -0.25) is 9.59 Å². The summed E-state index contributed by atoms with van der Waals surface area (Å²) in [6.45, 7) is 12.0. The highest BCUT2D eigenvalue weighted by atomic mass is 16.5. The summed E-state index contributed by atoms with van der Waals surface area (Å²) in [4.78, 5) is 30.4. The minimum absolute atomic E-state index is 0.0943. The van der Waals surface area contributed by atoms with Gasteiger partial charge in [0.25, 0.3) is 11.7 Å². The smallest absolute Gasteiger partial charge is 0.295 e. The number of amides is 1. The van der Waals surface area contributed by atoms with Crippen LogP contribution < -0.4 is 9.47 Å². The molecule has 3 rings (SSSR count). The first kappa shape index (κ1) is 28.3. The van der Waals surface area contributed by atoms with E-state index in [4.69, 9.17) is 9.47 Å². The van der Waals surface area contributed by atoms with Crippen LogP contribution in [0.4, 0.5) is 0 Å². The summed E-state index contributed by atoms with van der Waals surface area (Å²) in [7, 11) is 0. The number of nitrogens with zero attached hydrogens (tertiary/aromatic N) is 2. The summed E-state index contributed by atoms with van der Waals surface area (Å²) >= 11 is 0. The summed E-state index contributed by atoms with van der Waals surface area (Å²) in [5, 5.41) is 11.3. The van der Waals surface area contributed by atoms with Gasteiger partial charge >= 0.3 is 0 Å². The van der Waals surface area contributed by atoms with E-state index >= 15 is 0 Å². The molecule has 2 aromatic rings. The first-order valence-electron chi connectivity index (χ1n) is 13.4. The van der Waals surface area contributed by atoms with Gasteiger partial charge in [0, 0.05) is 18.7 Å². The van der Waals surface area contributed by atoms with Gasteiger partial charge in [-0.2, -0.15) is 0 Å². The second-order valence-corrected chi connectivity index (χ2v) is 9.10. The van der Waals surface area contributed by atoms with Gasteiger partial charge in [0.15, 0.2) is 0 Å².